The topological polar surface area (TPSA) is 42.0 Å². The lowest BCUT2D eigenvalue weighted by atomic mass is 10.2. The second-order valence-electron chi connectivity index (χ2n) is 3.81. The zero-order valence-corrected chi connectivity index (χ0v) is 10.7. The molecule has 1 N–H and O–H groups in total. The molecule has 17 heavy (non-hydrogen) atoms. The summed E-state index contributed by atoms with van der Waals surface area (Å²) in [5.74, 6) is -0.101. The van der Waals surface area contributed by atoms with Gasteiger partial charge in [-0.3, -0.25) is 4.79 Å². The van der Waals surface area contributed by atoms with Crippen LogP contribution in [0.3, 0.4) is 0 Å². The lowest BCUT2D eigenvalue weighted by molar-refractivity contribution is 0.0946. The van der Waals surface area contributed by atoms with E-state index in [-0.39, 0.29) is 5.91 Å². The van der Waals surface area contributed by atoms with Gasteiger partial charge in [-0.25, -0.2) is 4.98 Å². The first-order valence-corrected chi connectivity index (χ1v) is 6.24. The van der Waals surface area contributed by atoms with Gasteiger partial charge in [-0.05, 0) is 19.4 Å². The van der Waals surface area contributed by atoms with Crippen LogP contribution in [0.1, 0.15) is 25.9 Å². The first-order valence-electron chi connectivity index (χ1n) is 5.43. The number of thiazole rings is 1. The minimum Gasteiger partial charge on any atom is -0.347 e. The molecule has 2 rings (SSSR count). The molecule has 1 amide bonds. The van der Waals surface area contributed by atoms with E-state index in [1.807, 2.05) is 44.2 Å². The molecule has 0 spiro atoms. The van der Waals surface area contributed by atoms with E-state index in [1.165, 1.54) is 0 Å². The Morgan fingerprint density at radius 3 is 2.59 bits per heavy atom. The van der Waals surface area contributed by atoms with Crippen LogP contribution in [0.15, 0.2) is 30.3 Å². The summed E-state index contributed by atoms with van der Waals surface area (Å²) in [5, 5.41) is 3.80. The van der Waals surface area contributed by atoms with E-state index in [2.05, 4.69) is 10.3 Å². The Hall–Kier alpha value is -1.68. The van der Waals surface area contributed by atoms with Crippen LogP contribution in [0.5, 0.6) is 0 Å². The van der Waals surface area contributed by atoms with Gasteiger partial charge in [-0.15, -0.1) is 11.3 Å². The van der Waals surface area contributed by atoms with Crippen molar-refractivity contribution in [2.24, 2.45) is 0 Å². The van der Waals surface area contributed by atoms with E-state index >= 15 is 0 Å². The van der Waals surface area contributed by atoms with Crippen molar-refractivity contribution in [2.45, 2.75) is 20.4 Å². The molecular formula is C13H14N2OS. The van der Waals surface area contributed by atoms with Crippen molar-refractivity contribution in [3.05, 3.63) is 51.5 Å². The fourth-order valence-electron chi connectivity index (χ4n) is 1.60. The normalized spacial score (nSPS) is 10.2. The average molecular weight is 246 g/mol. The molecule has 0 unspecified atom stereocenters. The summed E-state index contributed by atoms with van der Waals surface area (Å²) in [6.07, 6.45) is 0. The molecule has 0 radical (unpaired) electrons. The summed E-state index contributed by atoms with van der Waals surface area (Å²) in [5.41, 5.74) is 1.63. The summed E-state index contributed by atoms with van der Waals surface area (Å²) < 4.78 is 0. The molecule has 0 bridgehead atoms. The summed E-state index contributed by atoms with van der Waals surface area (Å²) in [7, 11) is 0. The third-order valence-corrected chi connectivity index (χ3v) is 3.30. The maximum Gasteiger partial charge on any atom is 0.271 e. The number of hydrogen-bond acceptors (Lipinski definition) is 3. The summed E-state index contributed by atoms with van der Waals surface area (Å²) >= 11 is 1.55. The largest absolute Gasteiger partial charge is 0.347 e. The molecule has 0 atom stereocenters. The van der Waals surface area contributed by atoms with Gasteiger partial charge in [0.15, 0.2) is 0 Å². The van der Waals surface area contributed by atoms with Gasteiger partial charge in [0.05, 0.1) is 5.01 Å². The van der Waals surface area contributed by atoms with E-state index in [4.69, 9.17) is 0 Å². The van der Waals surface area contributed by atoms with Gasteiger partial charge in [0.2, 0.25) is 0 Å². The van der Waals surface area contributed by atoms with Crippen LogP contribution in [0.25, 0.3) is 0 Å². The molecule has 3 nitrogen and oxygen atoms in total. The Labute approximate surface area is 105 Å². The van der Waals surface area contributed by atoms with Crippen LogP contribution < -0.4 is 5.32 Å². The van der Waals surface area contributed by atoms with Gasteiger partial charge in [0.25, 0.3) is 5.91 Å². The lowest BCUT2D eigenvalue weighted by Gasteiger charge is -2.03. The molecule has 88 valence electrons. The number of rotatable bonds is 3. The highest BCUT2D eigenvalue weighted by molar-refractivity contribution is 7.11. The van der Waals surface area contributed by atoms with Crippen molar-refractivity contribution in [3.8, 4) is 0 Å². The van der Waals surface area contributed by atoms with Gasteiger partial charge in [0.1, 0.15) is 5.69 Å². The van der Waals surface area contributed by atoms with Crippen LogP contribution >= 0.6 is 11.3 Å². The van der Waals surface area contributed by atoms with Crippen LogP contribution in [0, 0.1) is 13.8 Å². The van der Waals surface area contributed by atoms with Crippen LogP contribution in [-0.2, 0) is 6.54 Å². The van der Waals surface area contributed by atoms with E-state index in [1.54, 1.807) is 11.3 Å². The van der Waals surface area contributed by atoms with Gasteiger partial charge in [-0.2, -0.15) is 0 Å². The Morgan fingerprint density at radius 1 is 1.29 bits per heavy atom. The fraction of sp³-hybridized carbons (Fsp3) is 0.231. The molecule has 4 heteroatoms. The molecular weight excluding hydrogens is 232 g/mol. The van der Waals surface area contributed by atoms with Crippen molar-refractivity contribution >= 4 is 17.2 Å². The second kappa shape index (κ2) is 5.10. The van der Waals surface area contributed by atoms with Gasteiger partial charge in [0, 0.05) is 11.4 Å². The maximum absolute atomic E-state index is 11.9. The van der Waals surface area contributed by atoms with Crippen molar-refractivity contribution in [3.63, 3.8) is 0 Å². The molecule has 0 aliphatic carbocycles. The van der Waals surface area contributed by atoms with E-state index in [9.17, 15) is 4.79 Å². The zero-order chi connectivity index (χ0) is 12.3. The smallest absolute Gasteiger partial charge is 0.271 e. The summed E-state index contributed by atoms with van der Waals surface area (Å²) in [4.78, 5) is 17.1. The number of amides is 1. The quantitative estimate of drug-likeness (QED) is 0.904. The van der Waals surface area contributed by atoms with Gasteiger partial charge in [-0.1, -0.05) is 30.3 Å². The minimum atomic E-state index is -0.101. The third-order valence-electron chi connectivity index (χ3n) is 2.41. The number of aryl methyl sites for hydroxylation is 2. The standard InChI is InChI=1S/C13H14N2OS/c1-9-12(15-10(2)17-9)13(16)14-8-11-6-4-3-5-7-11/h3-7H,8H2,1-2H3,(H,14,16). The molecule has 0 aliphatic heterocycles. The first-order chi connectivity index (χ1) is 8.16. The van der Waals surface area contributed by atoms with Crippen LogP contribution in [0.4, 0.5) is 0 Å². The number of aromatic nitrogens is 1. The van der Waals surface area contributed by atoms with Crippen molar-refractivity contribution in [1.82, 2.24) is 10.3 Å². The Morgan fingerprint density at radius 2 is 2.00 bits per heavy atom. The molecule has 0 fully saturated rings. The van der Waals surface area contributed by atoms with E-state index < -0.39 is 0 Å². The van der Waals surface area contributed by atoms with Crippen LogP contribution in [0.2, 0.25) is 0 Å². The highest BCUT2D eigenvalue weighted by Gasteiger charge is 2.13. The maximum atomic E-state index is 11.9. The molecule has 1 heterocycles. The molecule has 0 saturated carbocycles. The van der Waals surface area contributed by atoms with Gasteiger partial charge < -0.3 is 5.32 Å². The lowest BCUT2D eigenvalue weighted by Crippen LogP contribution is -2.23. The van der Waals surface area contributed by atoms with Gasteiger partial charge >= 0.3 is 0 Å². The summed E-state index contributed by atoms with van der Waals surface area (Å²) in [6.45, 7) is 4.36. The Bertz CT molecular complexity index is 519. The van der Waals surface area contributed by atoms with E-state index in [0.29, 0.717) is 12.2 Å². The molecule has 0 aliphatic rings. The molecule has 1 aromatic heterocycles. The molecule has 2 aromatic rings. The molecule has 0 saturated heterocycles. The highest BCUT2D eigenvalue weighted by Crippen LogP contribution is 2.16. The number of carbonyl (C=O) groups is 1. The number of nitrogens with one attached hydrogen (secondary N) is 1. The first kappa shape index (κ1) is 11.8. The predicted molar refractivity (Wildman–Crippen MR) is 69.2 cm³/mol. The van der Waals surface area contributed by atoms with Crippen molar-refractivity contribution in [2.75, 3.05) is 0 Å². The SMILES string of the molecule is Cc1nc(C(=O)NCc2ccccc2)c(C)s1. The van der Waals surface area contributed by atoms with Crippen molar-refractivity contribution in [1.29, 1.82) is 0 Å². The number of nitrogens with zero attached hydrogens (tertiary/aromatic N) is 1. The second-order valence-corrected chi connectivity index (χ2v) is 5.21. The third kappa shape index (κ3) is 2.91. The number of benzene rings is 1. The zero-order valence-electron chi connectivity index (χ0n) is 9.86. The van der Waals surface area contributed by atoms with Crippen LogP contribution in [-0.4, -0.2) is 10.9 Å². The predicted octanol–water partition coefficient (Wildman–Crippen LogP) is 2.69. The van der Waals surface area contributed by atoms with E-state index in [0.717, 1.165) is 15.4 Å². The van der Waals surface area contributed by atoms with Crippen molar-refractivity contribution < 1.29 is 4.79 Å². The minimum absolute atomic E-state index is 0.101. The Balaban J connectivity index is 2.01. The number of hydrogen-bond donors (Lipinski definition) is 1. The highest BCUT2D eigenvalue weighted by atomic mass is 32.1. The average Bonchev–Trinajstić information content (AvgIpc) is 2.67. The summed E-state index contributed by atoms with van der Waals surface area (Å²) in [6, 6.07) is 9.84. The number of carbonyl (C=O) groups excluding carboxylic acids is 1. The Kier molecular flexibility index (Phi) is 3.54. The molecule has 1 aromatic carbocycles. The fourth-order valence-corrected chi connectivity index (χ4v) is 2.42. The monoisotopic (exact) mass is 246 g/mol.